The van der Waals surface area contributed by atoms with Gasteiger partial charge in [-0.15, -0.1) is 0 Å². The molecule has 3 aromatic carbocycles. The molecule has 214 valence electrons. The maximum Gasteiger partial charge on any atom is 0.264 e. The fourth-order valence-electron chi connectivity index (χ4n) is 3.97. The second-order valence-corrected chi connectivity index (χ2v) is 12.0. The van der Waals surface area contributed by atoms with Crippen molar-refractivity contribution in [3.63, 3.8) is 0 Å². The minimum atomic E-state index is -4.20. The average molecular weight is 586 g/mol. The Bertz CT molecular complexity index is 1410. The van der Waals surface area contributed by atoms with Crippen LogP contribution in [0.5, 0.6) is 5.75 Å². The zero-order chi connectivity index (χ0) is 29.4. The highest BCUT2D eigenvalue weighted by molar-refractivity contribution is 7.92. The van der Waals surface area contributed by atoms with E-state index in [1.165, 1.54) is 42.3 Å². The summed E-state index contributed by atoms with van der Waals surface area (Å²) in [6.07, 6.45) is 0.729. The normalized spacial score (nSPS) is 12.8. The van der Waals surface area contributed by atoms with Crippen LogP contribution < -0.4 is 14.4 Å². The Morgan fingerprint density at radius 1 is 1.00 bits per heavy atom. The van der Waals surface area contributed by atoms with Gasteiger partial charge >= 0.3 is 0 Å². The van der Waals surface area contributed by atoms with Gasteiger partial charge in [0.15, 0.2) is 0 Å². The number of aryl methyl sites for hydroxylation is 1. The summed E-state index contributed by atoms with van der Waals surface area (Å²) < 4.78 is 33.9. The average Bonchev–Trinajstić information content (AvgIpc) is 2.94. The summed E-state index contributed by atoms with van der Waals surface area (Å²) in [4.78, 5) is 28.5. The number of nitrogens with one attached hydrogen (secondary N) is 1. The van der Waals surface area contributed by atoms with Crippen molar-refractivity contribution in [3.8, 4) is 5.75 Å². The van der Waals surface area contributed by atoms with Crippen molar-refractivity contribution in [1.82, 2.24) is 10.2 Å². The van der Waals surface area contributed by atoms with Gasteiger partial charge in [-0.2, -0.15) is 0 Å². The number of hydrogen-bond donors (Lipinski definition) is 1. The number of anilines is 1. The number of carbonyl (C=O) groups excluding carboxylic acids is 2. The molecular weight excluding hydrogens is 550 g/mol. The minimum Gasteiger partial charge on any atom is -0.497 e. The van der Waals surface area contributed by atoms with Crippen molar-refractivity contribution in [2.24, 2.45) is 0 Å². The maximum absolute atomic E-state index is 13.9. The monoisotopic (exact) mass is 585 g/mol. The Labute approximate surface area is 241 Å². The number of carbonyl (C=O) groups is 2. The van der Waals surface area contributed by atoms with Crippen LogP contribution in [0, 0.1) is 6.92 Å². The van der Waals surface area contributed by atoms with Crippen LogP contribution >= 0.6 is 11.6 Å². The molecule has 40 heavy (non-hydrogen) atoms. The summed E-state index contributed by atoms with van der Waals surface area (Å²) in [7, 11) is -2.71. The lowest BCUT2D eigenvalue weighted by atomic mass is 10.1. The van der Waals surface area contributed by atoms with Crippen LogP contribution in [-0.2, 0) is 26.2 Å². The summed E-state index contributed by atoms with van der Waals surface area (Å²) in [6.45, 7) is 7.03. The van der Waals surface area contributed by atoms with Gasteiger partial charge in [-0.1, -0.05) is 54.4 Å². The third-order valence-corrected chi connectivity index (χ3v) is 8.69. The van der Waals surface area contributed by atoms with Gasteiger partial charge in [0.2, 0.25) is 11.8 Å². The number of methoxy groups -OCH3 is 1. The van der Waals surface area contributed by atoms with E-state index in [-0.39, 0.29) is 29.1 Å². The molecule has 1 N–H and O–H groups in total. The Morgan fingerprint density at radius 3 is 2.23 bits per heavy atom. The molecule has 2 amide bonds. The van der Waals surface area contributed by atoms with Crippen LogP contribution in [0.4, 0.5) is 5.69 Å². The molecule has 3 aromatic rings. The van der Waals surface area contributed by atoms with Crippen molar-refractivity contribution in [3.05, 3.63) is 88.9 Å². The van der Waals surface area contributed by atoms with Crippen molar-refractivity contribution < 1.29 is 22.7 Å². The van der Waals surface area contributed by atoms with Gasteiger partial charge < -0.3 is 15.0 Å². The van der Waals surface area contributed by atoms with Gasteiger partial charge in [0.25, 0.3) is 10.0 Å². The van der Waals surface area contributed by atoms with E-state index in [0.717, 1.165) is 21.9 Å². The van der Waals surface area contributed by atoms with Crippen molar-refractivity contribution in [1.29, 1.82) is 0 Å². The summed E-state index contributed by atoms with van der Waals surface area (Å²) in [5, 5.41) is 3.24. The van der Waals surface area contributed by atoms with Gasteiger partial charge in [0, 0.05) is 17.6 Å². The molecule has 0 radical (unpaired) electrons. The molecule has 3 rings (SSSR count). The van der Waals surface area contributed by atoms with Gasteiger partial charge in [-0.25, -0.2) is 8.42 Å². The second kappa shape index (κ2) is 13.7. The number of hydrogen-bond acceptors (Lipinski definition) is 5. The predicted octanol–water partition coefficient (Wildman–Crippen LogP) is 5.18. The van der Waals surface area contributed by atoms with Crippen LogP contribution in [0.25, 0.3) is 0 Å². The number of ether oxygens (including phenoxy) is 1. The lowest BCUT2D eigenvalue weighted by Gasteiger charge is -2.32. The fraction of sp³-hybridized carbons (Fsp3) is 0.333. The van der Waals surface area contributed by atoms with Crippen LogP contribution in [0.1, 0.15) is 38.3 Å². The summed E-state index contributed by atoms with van der Waals surface area (Å²) in [5.41, 5.74) is 2.10. The highest BCUT2D eigenvalue weighted by Crippen LogP contribution is 2.28. The third-order valence-electron chi connectivity index (χ3n) is 6.66. The van der Waals surface area contributed by atoms with E-state index >= 15 is 0 Å². The Morgan fingerprint density at radius 2 is 1.65 bits per heavy atom. The smallest absolute Gasteiger partial charge is 0.264 e. The standard InChI is InChI=1S/C30H36ClN3O5S/c1-6-22(3)32-30(36)23(4)33(19-24-12-10-21(2)11-13-24)29(35)20-34(26-9-7-8-25(31)18-26)40(37,38)28-16-14-27(39-5)15-17-28/h7-18,22-23H,6,19-20H2,1-5H3,(H,32,36)/t22-,23+/m0/s1. The quantitative estimate of drug-likeness (QED) is 0.316. The van der Waals surface area contributed by atoms with E-state index in [1.807, 2.05) is 45.0 Å². The van der Waals surface area contributed by atoms with Crippen molar-refractivity contribution in [2.45, 2.75) is 57.6 Å². The summed E-state index contributed by atoms with van der Waals surface area (Å²) in [6, 6.07) is 18.9. The van der Waals surface area contributed by atoms with Gasteiger partial charge in [0.05, 0.1) is 17.7 Å². The first-order valence-electron chi connectivity index (χ1n) is 13.0. The van der Waals surface area contributed by atoms with Crippen molar-refractivity contribution in [2.75, 3.05) is 18.0 Å². The Hall–Kier alpha value is -3.56. The molecule has 0 saturated carbocycles. The van der Waals surface area contributed by atoms with Gasteiger partial charge in [-0.3, -0.25) is 13.9 Å². The number of amides is 2. The van der Waals surface area contributed by atoms with Crippen molar-refractivity contribution >= 4 is 39.1 Å². The molecule has 0 aromatic heterocycles. The van der Waals surface area contributed by atoms with E-state index in [4.69, 9.17) is 16.3 Å². The molecule has 0 heterocycles. The lowest BCUT2D eigenvalue weighted by molar-refractivity contribution is -0.139. The first-order valence-corrected chi connectivity index (χ1v) is 14.9. The molecule has 0 saturated heterocycles. The number of benzene rings is 3. The maximum atomic E-state index is 13.9. The SMILES string of the molecule is CC[C@H](C)NC(=O)[C@@H](C)N(Cc1ccc(C)cc1)C(=O)CN(c1cccc(Cl)c1)S(=O)(=O)c1ccc(OC)cc1. The van der Waals surface area contributed by atoms with E-state index < -0.39 is 28.5 Å². The molecule has 0 fully saturated rings. The second-order valence-electron chi connectivity index (χ2n) is 9.67. The molecule has 0 bridgehead atoms. The summed E-state index contributed by atoms with van der Waals surface area (Å²) >= 11 is 6.21. The molecular formula is C30H36ClN3O5S. The van der Waals surface area contributed by atoms with Crippen LogP contribution in [-0.4, -0.2) is 50.9 Å². The molecule has 0 aliphatic rings. The van der Waals surface area contributed by atoms with Crippen LogP contribution in [0.15, 0.2) is 77.7 Å². The van der Waals surface area contributed by atoms with E-state index in [2.05, 4.69) is 5.32 Å². The van der Waals surface area contributed by atoms with Crippen LogP contribution in [0.2, 0.25) is 5.02 Å². The largest absolute Gasteiger partial charge is 0.497 e. The zero-order valence-corrected chi connectivity index (χ0v) is 25.0. The Kier molecular flexibility index (Phi) is 10.6. The zero-order valence-electron chi connectivity index (χ0n) is 23.4. The van der Waals surface area contributed by atoms with E-state index in [0.29, 0.717) is 10.8 Å². The number of nitrogens with zero attached hydrogens (tertiary/aromatic N) is 2. The van der Waals surface area contributed by atoms with E-state index in [9.17, 15) is 18.0 Å². The highest BCUT2D eigenvalue weighted by atomic mass is 35.5. The number of rotatable bonds is 12. The molecule has 8 nitrogen and oxygen atoms in total. The van der Waals surface area contributed by atoms with Gasteiger partial charge in [-0.05, 0) is 75.2 Å². The Balaban J connectivity index is 2.02. The topological polar surface area (TPSA) is 96.0 Å². The molecule has 0 unspecified atom stereocenters. The first kappa shape index (κ1) is 31.0. The molecule has 0 spiro atoms. The molecule has 10 heteroatoms. The molecule has 2 atom stereocenters. The van der Waals surface area contributed by atoms with Gasteiger partial charge in [0.1, 0.15) is 18.3 Å². The predicted molar refractivity (Wildman–Crippen MR) is 158 cm³/mol. The third kappa shape index (κ3) is 7.76. The highest BCUT2D eigenvalue weighted by Gasteiger charge is 2.33. The van der Waals surface area contributed by atoms with E-state index in [1.54, 1.807) is 25.1 Å². The lowest BCUT2D eigenvalue weighted by Crippen LogP contribution is -2.52. The van der Waals surface area contributed by atoms with Crippen LogP contribution in [0.3, 0.4) is 0 Å². The number of sulfonamides is 1. The molecule has 0 aliphatic carbocycles. The minimum absolute atomic E-state index is 0.0197. The number of halogens is 1. The first-order chi connectivity index (χ1) is 19.0. The summed E-state index contributed by atoms with van der Waals surface area (Å²) in [5.74, 6) is -0.360. The molecule has 0 aliphatic heterocycles. The fourth-order valence-corrected chi connectivity index (χ4v) is 5.56.